The van der Waals surface area contributed by atoms with Crippen LogP contribution in [0.3, 0.4) is 0 Å². The van der Waals surface area contributed by atoms with Gasteiger partial charge in [-0.3, -0.25) is 4.79 Å². The van der Waals surface area contributed by atoms with Gasteiger partial charge in [0, 0.05) is 5.69 Å². The molecule has 0 radical (unpaired) electrons. The lowest BCUT2D eigenvalue weighted by molar-refractivity contribution is 0.101. The largest absolute Gasteiger partial charge is 0.368 e. The van der Waals surface area contributed by atoms with Gasteiger partial charge in [0.05, 0.1) is 0 Å². The van der Waals surface area contributed by atoms with Gasteiger partial charge >= 0.3 is 0 Å². The van der Waals surface area contributed by atoms with Crippen molar-refractivity contribution in [3.05, 3.63) is 35.7 Å². The molecule has 0 fully saturated rings. The van der Waals surface area contributed by atoms with Gasteiger partial charge < -0.3 is 11.1 Å². The summed E-state index contributed by atoms with van der Waals surface area (Å²) >= 11 is 0. The number of aromatic amines is 1. The van der Waals surface area contributed by atoms with Gasteiger partial charge in [-0.05, 0) is 24.6 Å². The summed E-state index contributed by atoms with van der Waals surface area (Å²) in [5.74, 6) is -0.244. The summed E-state index contributed by atoms with van der Waals surface area (Å²) in [7, 11) is 0. The molecule has 16 heavy (non-hydrogen) atoms. The number of anilines is 2. The van der Waals surface area contributed by atoms with E-state index in [2.05, 4.69) is 20.5 Å². The molecule has 1 aromatic carbocycles. The maximum atomic E-state index is 11.6. The summed E-state index contributed by atoms with van der Waals surface area (Å²) in [5, 5.41) is 8.74. The highest BCUT2D eigenvalue weighted by Gasteiger charge is 2.11. The van der Waals surface area contributed by atoms with Crippen LogP contribution in [0.4, 0.5) is 11.6 Å². The number of H-pyrrole nitrogens is 1. The van der Waals surface area contributed by atoms with Crippen LogP contribution in [-0.2, 0) is 0 Å². The summed E-state index contributed by atoms with van der Waals surface area (Å²) in [6, 6.07) is 7.45. The van der Waals surface area contributed by atoms with Gasteiger partial charge in [0.15, 0.2) is 0 Å². The molecule has 0 atom stereocenters. The SMILES string of the molecule is Cc1cccc(NC(=O)c2n[nH]c(N)n2)c1. The van der Waals surface area contributed by atoms with Crippen molar-refractivity contribution >= 4 is 17.5 Å². The van der Waals surface area contributed by atoms with Crippen LogP contribution in [0.2, 0.25) is 0 Å². The van der Waals surface area contributed by atoms with Crippen LogP contribution in [-0.4, -0.2) is 21.1 Å². The molecule has 0 bridgehead atoms. The van der Waals surface area contributed by atoms with E-state index >= 15 is 0 Å². The zero-order valence-electron chi connectivity index (χ0n) is 8.69. The van der Waals surface area contributed by atoms with Crippen LogP contribution >= 0.6 is 0 Å². The molecule has 4 N–H and O–H groups in total. The predicted octanol–water partition coefficient (Wildman–Crippen LogP) is 0.948. The van der Waals surface area contributed by atoms with E-state index in [-0.39, 0.29) is 11.8 Å². The number of aryl methyl sites for hydroxylation is 1. The van der Waals surface area contributed by atoms with Crippen molar-refractivity contribution in [3.8, 4) is 0 Å². The quantitative estimate of drug-likeness (QED) is 0.697. The van der Waals surface area contributed by atoms with E-state index in [0.29, 0.717) is 5.69 Å². The first-order chi connectivity index (χ1) is 7.65. The second kappa shape index (κ2) is 4.01. The molecule has 2 rings (SSSR count). The number of hydrogen-bond acceptors (Lipinski definition) is 4. The molecule has 0 saturated carbocycles. The number of rotatable bonds is 2. The number of nitrogen functional groups attached to an aromatic ring is 1. The van der Waals surface area contributed by atoms with Crippen LogP contribution in [0, 0.1) is 6.92 Å². The normalized spacial score (nSPS) is 10.1. The molecule has 0 unspecified atom stereocenters. The minimum atomic E-state index is -0.390. The third-order valence-electron chi connectivity index (χ3n) is 1.98. The van der Waals surface area contributed by atoms with Crippen LogP contribution in [0.1, 0.15) is 16.2 Å². The minimum Gasteiger partial charge on any atom is -0.368 e. The van der Waals surface area contributed by atoms with Crippen molar-refractivity contribution < 1.29 is 4.79 Å². The molecular weight excluding hydrogens is 206 g/mol. The summed E-state index contributed by atoms with van der Waals surface area (Å²) < 4.78 is 0. The fraction of sp³-hybridized carbons (Fsp3) is 0.100. The molecular formula is C10H11N5O. The van der Waals surface area contributed by atoms with E-state index in [1.165, 1.54) is 0 Å². The number of hydrogen-bond donors (Lipinski definition) is 3. The second-order valence-electron chi connectivity index (χ2n) is 3.37. The second-order valence-corrected chi connectivity index (χ2v) is 3.37. The van der Waals surface area contributed by atoms with Gasteiger partial charge in [0.1, 0.15) is 0 Å². The Balaban J connectivity index is 2.13. The highest BCUT2D eigenvalue weighted by atomic mass is 16.2. The van der Waals surface area contributed by atoms with E-state index in [1.54, 1.807) is 6.07 Å². The van der Waals surface area contributed by atoms with Crippen molar-refractivity contribution in [2.75, 3.05) is 11.1 Å². The van der Waals surface area contributed by atoms with Crippen molar-refractivity contribution in [2.24, 2.45) is 0 Å². The van der Waals surface area contributed by atoms with E-state index in [1.807, 2.05) is 25.1 Å². The molecule has 0 aliphatic rings. The fourth-order valence-corrected chi connectivity index (χ4v) is 1.29. The van der Waals surface area contributed by atoms with Crippen molar-refractivity contribution in [1.29, 1.82) is 0 Å². The first kappa shape index (κ1) is 10.2. The third kappa shape index (κ3) is 2.17. The highest BCUT2D eigenvalue weighted by Crippen LogP contribution is 2.10. The average molecular weight is 217 g/mol. The van der Waals surface area contributed by atoms with Crippen molar-refractivity contribution in [1.82, 2.24) is 15.2 Å². The van der Waals surface area contributed by atoms with Gasteiger partial charge in [-0.15, -0.1) is 5.10 Å². The maximum Gasteiger partial charge on any atom is 0.295 e. The summed E-state index contributed by atoms with van der Waals surface area (Å²) in [6.45, 7) is 1.94. The molecule has 82 valence electrons. The Kier molecular flexibility index (Phi) is 2.55. The Morgan fingerprint density at radius 2 is 2.31 bits per heavy atom. The Bertz CT molecular complexity index is 519. The Hall–Kier alpha value is -2.37. The van der Waals surface area contributed by atoms with Crippen LogP contribution in [0.15, 0.2) is 24.3 Å². The van der Waals surface area contributed by atoms with Crippen LogP contribution in [0.25, 0.3) is 0 Å². The van der Waals surface area contributed by atoms with Gasteiger partial charge in [-0.2, -0.15) is 4.98 Å². The van der Waals surface area contributed by atoms with Crippen LogP contribution < -0.4 is 11.1 Å². The molecule has 1 amide bonds. The number of benzene rings is 1. The number of nitrogens with one attached hydrogen (secondary N) is 2. The molecule has 2 aromatic rings. The first-order valence-electron chi connectivity index (χ1n) is 4.71. The third-order valence-corrected chi connectivity index (χ3v) is 1.98. The molecule has 1 aromatic heterocycles. The fourth-order valence-electron chi connectivity index (χ4n) is 1.29. The number of carbonyl (C=O) groups excluding carboxylic acids is 1. The topological polar surface area (TPSA) is 96.7 Å². The number of amides is 1. The summed E-state index contributed by atoms with van der Waals surface area (Å²) in [4.78, 5) is 15.4. The molecule has 0 saturated heterocycles. The van der Waals surface area contributed by atoms with E-state index in [4.69, 9.17) is 5.73 Å². The van der Waals surface area contributed by atoms with Gasteiger partial charge in [-0.1, -0.05) is 12.1 Å². The Morgan fingerprint density at radius 3 is 2.94 bits per heavy atom. The van der Waals surface area contributed by atoms with E-state index in [9.17, 15) is 4.79 Å². The zero-order valence-corrected chi connectivity index (χ0v) is 8.69. The molecule has 1 heterocycles. The Morgan fingerprint density at radius 1 is 1.50 bits per heavy atom. The molecule has 6 heteroatoms. The molecule has 0 aliphatic carbocycles. The smallest absolute Gasteiger partial charge is 0.295 e. The molecule has 0 spiro atoms. The first-order valence-corrected chi connectivity index (χ1v) is 4.71. The monoisotopic (exact) mass is 217 g/mol. The standard InChI is InChI=1S/C10H11N5O/c1-6-3-2-4-7(5-6)12-9(16)8-13-10(11)15-14-8/h2-5H,1H3,(H,12,16)(H3,11,13,14,15). The van der Waals surface area contributed by atoms with Crippen molar-refractivity contribution in [3.63, 3.8) is 0 Å². The van der Waals surface area contributed by atoms with Gasteiger partial charge in [0.25, 0.3) is 5.91 Å². The molecule has 6 nitrogen and oxygen atoms in total. The Labute approximate surface area is 91.9 Å². The number of carbonyl (C=O) groups is 1. The van der Waals surface area contributed by atoms with Crippen LogP contribution in [0.5, 0.6) is 0 Å². The van der Waals surface area contributed by atoms with E-state index in [0.717, 1.165) is 5.56 Å². The average Bonchev–Trinajstić information content (AvgIpc) is 2.65. The number of nitrogens with two attached hydrogens (primary N) is 1. The van der Waals surface area contributed by atoms with Gasteiger partial charge in [0.2, 0.25) is 11.8 Å². The lowest BCUT2D eigenvalue weighted by Crippen LogP contribution is -2.13. The number of aromatic nitrogens is 3. The maximum absolute atomic E-state index is 11.6. The zero-order chi connectivity index (χ0) is 11.5. The summed E-state index contributed by atoms with van der Waals surface area (Å²) in [5.41, 5.74) is 7.09. The lowest BCUT2D eigenvalue weighted by Gasteiger charge is -2.02. The summed E-state index contributed by atoms with van der Waals surface area (Å²) in [6.07, 6.45) is 0. The van der Waals surface area contributed by atoms with Crippen molar-refractivity contribution in [2.45, 2.75) is 6.92 Å². The number of nitrogens with zero attached hydrogens (tertiary/aromatic N) is 2. The predicted molar refractivity (Wildman–Crippen MR) is 59.9 cm³/mol. The lowest BCUT2D eigenvalue weighted by atomic mass is 10.2. The van der Waals surface area contributed by atoms with E-state index < -0.39 is 5.91 Å². The van der Waals surface area contributed by atoms with Gasteiger partial charge in [-0.25, -0.2) is 5.10 Å². The minimum absolute atomic E-state index is 0.0269. The molecule has 0 aliphatic heterocycles. The highest BCUT2D eigenvalue weighted by molar-refractivity contribution is 6.01.